The quantitative estimate of drug-likeness (QED) is 0.387. The van der Waals surface area contributed by atoms with E-state index < -0.39 is 34.1 Å². The minimum atomic E-state index is -1.61. The van der Waals surface area contributed by atoms with Crippen molar-refractivity contribution in [2.45, 2.75) is 24.4 Å². The van der Waals surface area contributed by atoms with Crippen molar-refractivity contribution >= 4 is 28.6 Å². The molecule has 8 nitrogen and oxygen atoms in total. The lowest BCUT2D eigenvalue weighted by Crippen LogP contribution is -2.72. The number of hydrogen-bond donors (Lipinski definition) is 1. The van der Waals surface area contributed by atoms with E-state index >= 15 is 0 Å². The predicted octanol–water partition coefficient (Wildman–Crippen LogP) is 1.39. The Balaban J connectivity index is 1.39. The third-order valence-corrected chi connectivity index (χ3v) is 6.39. The highest BCUT2D eigenvalue weighted by molar-refractivity contribution is 7.88. The van der Waals surface area contributed by atoms with Crippen molar-refractivity contribution in [3.8, 4) is 5.75 Å². The number of hydrogen-bond acceptors (Lipinski definition) is 6. The summed E-state index contributed by atoms with van der Waals surface area (Å²) in [6.45, 7) is -0.0129. The molecule has 3 atom stereocenters. The van der Waals surface area contributed by atoms with E-state index in [2.05, 4.69) is 11.0 Å². The van der Waals surface area contributed by atoms with Crippen LogP contribution in [0.15, 0.2) is 71.4 Å². The molecule has 2 aliphatic heterocycles. The summed E-state index contributed by atoms with van der Waals surface area (Å²) in [6.07, 6.45) is 0.0897. The van der Waals surface area contributed by atoms with Gasteiger partial charge in [0.1, 0.15) is 23.8 Å². The molecule has 2 aromatic rings. The average molecular weight is 452 g/mol. The summed E-state index contributed by atoms with van der Waals surface area (Å²) >= 11 is 0. The number of amides is 2. The third-order valence-electron chi connectivity index (χ3n) is 5.08. The lowest BCUT2D eigenvalue weighted by molar-refractivity contribution is -0.153. The topological polar surface area (TPSA) is 102 Å². The van der Waals surface area contributed by atoms with Gasteiger partial charge in [0.05, 0.1) is 24.3 Å². The van der Waals surface area contributed by atoms with Crippen LogP contribution in [-0.4, -0.2) is 45.4 Å². The second kappa shape index (κ2) is 9.21. The first kappa shape index (κ1) is 21.5. The molecule has 0 radical (unpaired) electrons. The van der Waals surface area contributed by atoms with Crippen molar-refractivity contribution in [3.63, 3.8) is 0 Å². The van der Waals surface area contributed by atoms with Gasteiger partial charge in [0.15, 0.2) is 5.70 Å². The Hall–Kier alpha value is -3.68. The fourth-order valence-electron chi connectivity index (χ4n) is 3.43. The second-order valence-electron chi connectivity index (χ2n) is 7.17. The molecule has 1 saturated heterocycles. The molecule has 0 unspecified atom stereocenters. The van der Waals surface area contributed by atoms with Crippen LogP contribution in [0.4, 0.5) is 0 Å². The Labute approximate surface area is 187 Å². The highest BCUT2D eigenvalue weighted by Crippen LogP contribution is 2.31. The zero-order valence-electron chi connectivity index (χ0n) is 17.1. The summed E-state index contributed by atoms with van der Waals surface area (Å²) in [5.74, 6) is -0.980. The molecular weight excluding hydrogens is 432 g/mol. The van der Waals surface area contributed by atoms with Gasteiger partial charge in [0.2, 0.25) is 5.91 Å². The molecule has 1 fully saturated rings. The second-order valence-corrected chi connectivity index (χ2v) is 8.55. The fraction of sp³-hybridized carbons (Fsp3) is 0.217. The molecule has 0 saturated carbocycles. The molecule has 1 N–H and O–H groups in total. The first-order chi connectivity index (χ1) is 15.5. The van der Waals surface area contributed by atoms with Crippen LogP contribution in [-0.2, 0) is 42.9 Å². The third kappa shape index (κ3) is 4.34. The first-order valence-electron chi connectivity index (χ1n) is 9.80. The number of esters is 1. The molecule has 2 aliphatic rings. The number of methoxy groups -OCH3 is 1. The number of fused-ring (bicyclic) bond motifs is 1. The molecule has 0 bridgehead atoms. The average Bonchev–Trinajstić information content (AvgIpc) is 2.81. The van der Waals surface area contributed by atoms with Gasteiger partial charge in [-0.15, -0.1) is 0 Å². The van der Waals surface area contributed by atoms with Gasteiger partial charge < -0.3 is 14.8 Å². The molecule has 2 aromatic carbocycles. The Kier molecular flexibility index (Phi) is 6.20. The van der Waals surface area contributed by atoms with Gasteiger partial charge in [-0.2, -0.15) is 0 Å². The van der Waals surface area contributed by atoms with Crippen LogP contribution < -0.4 is 10.1 Å². The number of β-lactam (4-membered cyclic amide) rings is 1. The Morgan fingerprint density at radius 2 is 1.81 bits per heavy atom. The summed E-state index contributed by atoms with van der Waals surface area (Å²) in [7, 11) is -0.0568. The standard InChI is InChI=1S/C23H20N2O6S/c1-30-17-9-7-16(8-10-17)14-31-23(28)18-11-12-32(29)22-20(21(27)25(18)22)24-19(26)13-15-5-3-2-4-6-15/h2-10,12,20,22H,13-14H2,1H3,(H,24,26)/t20-,22-,32+/m1/s1. The van der Waals surface area contributed by atoms with Crippen molar-refractivity contribution in [2.24, 2.45) is 0 Å². The molecule has 0 spiro atoms. The van der Waals surface area contributed by atoms with Crippen molar-refractivity contribution in [2.75, 3.05) is 7.11 Å². The molecule has 2 amide bonds. The molecule has 9 heteroatoms. The zero-order valence-corrected chi connectivity index (χ0v) is 18.0. The molecule has 164 valence electrons. The zero-order chi connectivity index (χ0) is 22.7. The molecule has 0 aromatic heterocycles. The minimum absolute atomic E-state index is 0.0129. The van der Waals surface area contributed by atoms with Crippen LogP contribution in [0.1, 0.15) is 11.1 Å². The van der Waals surface area contributed by atoms with Crippen molar-refractivity contribution in [1.29, 1.82) is 0 Å². The predicted molar refractivity (Wildman–Crippen MR) is 115 cm³/mol. The maximum absolute atomic E-state index is 12.7. The van der Waals surface area contributed by atoms with Crippen LogP contribution in [0.2, 0.25) is 0 Å². The lowest BCUT2D eigenvalue weighted by atomic mass is 10.0. The van der Waals surface area contributed by atoms with Gasteiger partial charge >= 0.3 is 5.97 Å². The Bertz CT molecular complexity index is 1140. The molecule has 2 heterocycles. The van der Waals surface area contributed by atoms with E-state index in [0.717, 1.165) is 16.0 Å². The number of carbonyl (C=O) groups excluding carboxylic acids is 3. The fourth-order valence-corrected chi connectivity index (χ4v) is 4.66. The van der Waals surface area contributed by atoms with Gasteiger partial charge in [-0.1, -0.05) is 48.2 Å². The van der Waals surface area contributed by atoms with Crippen molar-refractivity contribution < 1.29 is 28.1 Å². The summed E-state index contributed by atoms with van der Waals surface area (Å²) in [6, 6.07) is 15.1. The number of carbonyl (C=O) groups is 3. The largest absolute Gasteiger partial charge is 0.497 e. The number of nitrogens with one attached hydrogen (secondary N) is 1. The van der Waals surface area contributed by atoms with E-state index in [-0.39, 0.29) is 24.6 Å². The molecular formula is C23H20N2O6S. The Morgan fingerprint density at radius 1 is 1.09 bits per heavy atom. The highest BCUT2D eigenvalue weighted by atomic mass is 32.2. The minimum Gasteiger partial charge on any atom is -0.497 e. The van der Waals surface area contributed by atoms with E-state index in [0.29, 0.717) is 5.75 Å². The molecule has 4 rings (SSSR count). The first-order valence-corrected chi connectivity index (χ1v) is 11.1. The number of rotatable bonds is 7. The summed E-state index contributed by atoms with van der Waals surface area (Å²) in [5, 5.41) is 2.97. The normalized spacial score (nSPS) is 21.2. The van der Waals surface area contributed by atoms with Crippen LogP contribution >= 0.6 is 0 Å². The summed E-state index contributed by atoms with van der Waals surface area (Å²) < 4.78 is 22.8. The molecule has 32 heavy (non-hydrogen) atoms. The van der Waals surface area contributed by atoms with Crippen LogP contribution in [0, 0.1) is 0 Å². The Morgan fingerprint density at radius 3 is 2.50 bits per heavy atom. The summed E-state index contributed by atoms with van der Waals surface area (Å²) in [4.78, 5) is 38.7. The number of benzene rings is 2. The van der Waals surface area contributed by atoms with Crippen LogP contribution in [0.25, 0.3) is 0 Å². The number of ether oxygens (including phenoxy) is 2. The highest BCUT2D eigenvalue weighted by Gasteiger charge is 2.55. The maximum atomic E-state index is 12.7. The smallest absolute Gasteiger partial charge is 0.363 e. The monoisotopic (exact) mass is 452 g/mol. The van der Waals surface area contributed by atoms with E-state index in [1.54, 1.807) is 43.5 Å². The van der Waals surface area contributed by atoms with Crippen molar-refractivity contribution in [1.82, 2.24) is 10.2 Å². The van der Waals surface area contributed by atoms with Gasteiger partial charge in [-0.3, -0.25) is 18.7 Å². The van der Waals surface area contributed by atoms with Crippen LogP contribution in [0.5, 0.6) is 5.75 Å². The van der Waals surface area contributed by atoms with Gasteiger partial charge in [-0.25, -0.2) is 4.79 Å². The summed E-state index contributed by atoms with van der Waals surface area (Å²) in [5.41, 5.74) is 3.99. The van der Waals surface area contributed by atoms with Gasteiger partial charge in [0.25, 0.3) is 5.91 Å². The lowest BCUT2D eigenvalue weighted by Gasteiger charge is -2.46. The van der Waals surface area contributed by atoms with E-state index in [4.69, 9.17) is 9.47 Å². The maximum Gasteiger partial charge on any atom is 0.363 e. The van der Waals surface area contributed by atoms with E-state index in [1.807, 2.05) is 18.2 Å². The SMILES string of the molecule is COc1ccc(COC(=O)C2=C=C[S@](=O)[C@@H]3[C@H](NC(=O)Cc4ccccc4)C(=O)N23)cc1. The van der Waals surface area contributed by atoms with E-state index in [9.17, 15) is 18.6 Å². The van der Waals surface area contributed by atoms with Crippen LogP contribution in [0.3, 0.4) is 0 Å². The van der Waals surface area contributed by atoms with Gasteiger partial charge in [-0.05, 0) is 23.3 Å². The van der Waals surface area contributed by atoms with Gasteiger partial charge in [0, 0.05) is 5.41 Å². The molecule has 0 aliphatic carbocycles. The van der Waals surface area contributed by atoms with Crippen molar-refractivity contribution in [3.05, 3.63) is 82.6 Å². The van der Waals surface area contributed by atoms with E-state index in [1.165, 1.54) is 5.41 Å². The number of nitrogens with zero attached hydrogens (tertiary/aromatic N) is 1.